The van der Waals surface area contributed by atoms with Crippen molar-refractivity contribution < 1.29 is 4.79 Å². The van der Waals surface area contributed by atoms with Crippen molar-refractivity contribution in [2.45, 2.75) is 25.9 Å². The lowest BCUT2D eigenvalue weighted by atomic mass is 10.0. The van der Waals surface area contributed by atoms with Gasteiger partial charge in [0.15, 0.2) is 5.69 Å². The van der Waals surface area contributed by atoms with Crippen LogP contribution in [0.5, 0.6) is 0 Å². The Morgan fingerprint density at radius 1 is 1.69 bits per heavy atom. The van der Waals surface area contributed by atoms with Crippen LogP contribution >= 0.6 is 0 Å². The maximum atomic E-state index is 10.9. The van der Waals surface area contributed by atoms with Crippen molar-refractivity contribution in [3.05, 3.63) is 17.0 Å². The van der Waals surface area contributed by atoms with Gasteiger partial charge in [0.1, 0.15) is 0 Å². The maximum absolute atomic E-state index is 10.9. The summed E-state index contributed by atoms with van der Waals surface area (Å²) < 4.78 is 0. The number of hydrogen-bond donors (Lipinski definition) is 3. The van der Waals surface area contributed by atoms with Gasteiger partial charge in [-0.15, -0.1) is 0 Å². The van der Waals surface area contributed by atoms with E-state index in [1.807, 2.05) is 0 Å². The lowest BCUT2D eigenvalue weighted by Crippen LogP contribution is -2.33. The molecule has 0 fully saturated rings. The van der Waals surface area contributed by atoms with Gasteiger partial charge < -0.3 is 11.1 Å². The van der Waals surface area contributed by atoms with E-state index in [1.165, 1.54) is 0 Å². The molecule has 5 nitrogen and oxygen atoms in total. The highest BCUT2D eigenvalue weighted by Crippen LogP contribution is 2.17. The Kier molecular flexibility index (Phi) is 1.81. The molecule has 1 amide bonds. The van der Waals surface area contributed by atoms with E-state index in [2.05, 4.69) is 22.4 Å². The summed E-state index contributed by atoms with van der Waals surface area (Å²) in [6.07, 6.45) is 0.871. The summed E-state index contributed by atoms with van der Waals surface area (Å²) in [6.45, 7) is 2.76. The Morgan fingerprint density at radius 2 is 2.46 bits per heavy atom. The number of hydrogen-bond acceptors (Lipinski definition) is 3. The number of carbonyl (C=O) groups excluding carboxylic acids is 1. The van der Waals surface area contributed by atoms with Crippen LogP contribution in [0.25, 0.3) is 0 Å². The molecule has 2 rings (SSSR count). The molecular formula is C8H12N4O. The molecule has 1 atom stereocenters. The third-order valence-corrected chi connectivity index (χ3v) is 2.32. The SMILES string of the molecule is CC1Cc2[nH]nc(C(N)=O)c2CN1. The second-order valence-corrected chi connectivity index (χ2v) is 3.38. The molecule has 4 N–H and O–H groups in total. The molecule has 1 aliphatic rings. The van der Waals surface area contributed by atoms with Crippen molar-refractivity contribution >= 4 is 5.91 Å². The lowest BCUT2D eigenvalue weighted by Gasteiger charge is -2.19. The lowest BCUT2D eigenvalue weighted by molar-refractivity contribution is 0.0994. The molecule has 0 aliphatic carbocycles. The van der Waals surface area contributed by atoms with E-state index in [9.17, 15) is 4.79 Å². The molecule has 70 valence electrons. The predicted octanol–water partition coefficient (Wildman–Crippen LogP) is -0.457. The molecule has 0 saturated heterocycles. The maximum Gasteiger partial charge on any atom is 0.269 e. The highest BCUT2D eigenvalue weighted by Gasteiger charge is 2.22. The van der Waals surface area contributed by atoms with Gasteiger partial charge in [-0.05, 0) is 6.92 Å². The number of rotatable bonds is 1. The fourth-order valence-electron chi connectivity index (χ4n) is 1.62. The largest absolute Gasteiger partial charge is 0.364 e. The highest BCUT2D eigenvalue weighted by atomic mass is 16.1. The molecule has 13 heavy (non-hydrogen) atoms. The Bertz CT molecular complexity index is 344. The zero-order valence-corrected chi connectivity index (χ0v) is 7.42. The van der Waals surface area contributed by atoms with Crippen molar-refractivity contribution in [3.8, 4) is 0 Å². The summed E-state index contributed by atoms with van der Waals surface area (Å²) in [5, 5.41) is 9.99. The summed E-state index contributed by atoms with van der Waals surface area (Å²) in [4.78, 5) is 10.9. The average Bonchev–Trinajstić information content (AvgIpc) is 2.46. The number of aromatic amines is 1. The van der Waals surface area contributed by atoms with Crippen LogP contribution < -0.4 is 11.1 Å². The van der Waals surface area contributed by atoms with Crippen molar-refractivity contribution in [2.75, 3.05) is 0 Å². The second kappa shape index (κ2) is 2.85. The van der Waals surface area contributed by atoms with Crippen LogP contribution in [0.1, 0.15) is 28.7 Å². The molecule has 5 heteroatoms. The van der Waals surface area contributed by atoms with Crippen molar-refractivity contribution in [3.63, 3.8) is 0 Å². The van der Waals surface area contributed by atoms with Crippen molar-refractivity contribution in [1.82, 2.24) is 15.5 Å². The predicted molar refractivity (Wildman–Crippen MR) is 47.1 cm³/mol. The fourth-order valence-corrected chi connectivity index (χ4v) is 1.62. The fraction of sp³-hybridized carbons (Fsp3) is 0.500. The molecule has 1 aromatic rings. The average molecular weight is 180 g/mol. The normalized spacial score (nSPS) is 21.2. The second-order valence-electron chi connectivity index (χ2n) is 3.38. The Labute approximate surface area is 75.7 Å². The summed E-state index contributed by atoms with van der Waals surface area (Å²) in [6, 6.07) is 0.425. The topological polar surface area (TPSA) is 83.8 Å². The summed E-state index contributed by atoms with van der Waals surface area (Å²) in [5.74, 6) is -0.464. The van der Waals surface area contributed by atoms with Crippen molar-refractivity contribution in [2.24, 2.45) is 5.73 Å². The van der Waals surface area contributed by atoms with Crippen LogP contribution in [0.2, 0.25) is 0 Å². The first-order valence-electron chi connectivity index (χ1n) is 4.27. The van der Waals surface area contributed by atoms with E-state index < -0.39 is 5.91 Å². The molecule has 1 aromatic heterocycles. The van der Waals surface area contributed by atoms with E-state index in [-0.39, 0.29) is 0 Å². The van der Waals surface area contributed by atoms with E-state index in [0.29, 0.717) is 18.3 Å². The van der Waals surface area contributed by atoms with Gasteiger partial charge in [-0.1, -0.05) is 0 Å². The van der Waals surface area contributed by atoms with E-state index in [0.717, 1.165) is 17.7 Å². The van der Waals surface area contributed by atoms with Gasteiger partial charge in [0.2, 0.25) is 0 Å². The van der Waals surface area contributed by atoms with E-state index in [1.54, 1.807) is 0 Å². The summed E-state index contributed by atoms with van der Waals surface area (Å²) >= 11 is 0. The molecule has 0 saturated carbocycles. The molecular weight excluding hydrogens is 168 g/mol. The van der Waals surface area contributed by atoms with Crippen LogP contribution in [0.3, 0.4) is 0 Å². The minimum Gasteiger partial charge on any atom is -0.364 e. The van der Waals surface area contributed by atoms with Gasteiger partial charge in [0, 0.05) is 30.3 Å². The number of nitrogens with one attached hydrogen (secondary N) is 2. The van der Waals surface area contributed by atoms with Gasteiger partial charge in [-0.2, -0.15) is 5.10 Å². The van der Waals surface area contributed by atoms with Gasteiger partial charge in [0.05, 0.1) is 0 Å². The molecule has 2 heterocycles. The highest BCUT2D eigenvalue weighted by molar-refractivity contribution is 5.92. The number of carbonyl (C=O) groups is 1. The number of nitrogens with zero attached hydrogens (tertiary/aromatic N) is 1. The number of fused-ring (bicyclic) bond motifs is 1. The quantitative estimate of drug-likeness (QED) is 0.547. The van der Waals surface area contributed by atoms with Gasteiger partial charge >= 0.3 is 0 Å². The molecule has 0 spiro atoms. The van der Waals surface area contributed by atoms with Crippen molar-refractivity contribution in [1.29, 1.82) is 0 Å². The van der Waals surface area contributed by atoms with Crippen LogP contribution in [0, 0.1) is 0 Å². The standard InChI is InChI=1S/C8H12N4O/c1-4-2-6-5(3-10-4)7(8(9)13)12-11-6/h4,10H,2-3H2,1H3,(H2,9,13)(H,11,12). The van der Waals surface area contributed by atoms with Gasteiger partial charge in [-0.3, -0.25) is 9.89 Å². The Morgan fingerprint density at radius 3 is 3.15 bits per heavy atom. The van der Waals surface area contributed by atoms with Crippen LogP contribution in [-0.4, -0.2) is 22.1 Å². The van der Waals surface area contributed by atoms with Crippen LogP contribution in [-0.2, 0) is 13.0 Å². The Balaban J connectivity index is 2.39. The Hall–Kier alpha value is -1.36. The van der Waals surface area contributed by atoms with Crippen LogP contribution in [0.15, 0.2) is 0 Å². The number of nitrogens with two attached hydrogens (primary N) is 1. The number of amides is 1. The number of primary amides is 1. The minimum atomic E-state index is -0.464. The zero-order valence-electron chi connectivity index (χ0n) is 7.42. The molecule has 0 radical (unpaired) electrons. The van der Waals surface area contributed by atoms with Crippen LogP contribution in [0.4, 0.5) is 0 Å². The van der Waals surface area contributed by atoms with Gasteiger partial charge in [0.25, 0.3) is 5.91 Å². The van der Waals surface area contributed by atoms with E-state index in [4.69, 9.17) is 5.73 Å². The first kappa shape index (κ1) is 8.25. The third-order valence-electron chi connectivity index (χ3n) is 2.32. The molecule has 1 unspecified atom stereocenters. The number of aromatic nitrogens is 2. The smallest absolute Gasteiger partial charge is 0.269 e. The summed E-state index contributed by atoms with van der Waals surface area (Å²) in [7, 11) is 0. The zero-order chi connectivity index (χ0) is 9.42. The van der Waals surface area contributed by atoms with E-state index >= 15 is 0 Å². The molecule has 1 aliphatic heterocycles. The third kappa shape index (κ3) is 1.31. The number of H-pyrrole nitrogens is 1. The monoisotopic (exact) mass is 180 g/mol. The first-order chi connectivity index (χ1) is 6.18. The molecule has 0 bridgehead atoms. The van der Waals surface area contributed by atoms with Gasteiger partial charge in [-0.25, -0.2) is 0 Å². The minimum absolute atomic E-state index is 0.370. The molecule has 0 aromatic carbocycles. The summed E-state index contributed by atoms with van der Waals surface area (Å²) in [5.41, 5.74) is 7.49. The first-order valence-corrected chi connectivity index (χ1v) is 4.27.